The molecule has 6 nitrogen and oxygen atoms in total. The van der Waals surface area contributed by atoms with Gasteiger partial charge in [-0.25, -0.2) is 9.97 Å². The van der Waals surface area contributed by atoms with Crippen LogP contribution in [0.5, 0.6) is 5.75 Å². The van der Waals surface area contributed by atoms with E-state index in [1.807, 2.05) is 31.2 Å². The number of carbonyl (C=O) groups excluding carboxylic acids is 1. The number of hydrogen-bond donors (Lipinski definition) is 1. The summed E-state index contributed by atoms with van der Waals surface area (Å²) in [6.07, 6.45) is 1.50. The van der Waals surface area contributed by atoms with Gasteiger partial charge in [0.05, 0.1) is 13.3 Å². The number of ether oxygens (including phenoxy) is 1. The molecular formula is C21H17N3O3. The molecule has 0 fully saturated rings. The third kappa shape index (κ3) is 3.50. The summed E-state index contributed by atoms with van der Waals surface area (Å²) < 4.78 is 10.9. The van der Waals surface area contributed by atoms with Gasteiger partial charge >= 0.3 is 0 Å². The van der Waals surface area contributed by atoms with E-state index in [9.17, 15) is 4.79 Å². The fraction of sp³-hybridized carbons (Fsp3) is 0.0952. The predicted molar refractivity (Wildman–Crippen MR) is 103 cm³/mol. The topological polar surface area (TPSA) is 77.2 Å². The number of pyridine rings is 1. The molecule has 134 valence electrons. The first-order chi connectivity index (χ1) is 13.1. The van der Waals surface area contributed by atoms with Crippen molar-refractivity contribution in [2.24, 2.45) is 0 Å². The van der Waals surface area contributed by atoms with Gasteiger partial charge in [0.25, 0.3) is 5.91 Å². The Morgan fingerprint density at radius 1 is 1.11 bits per heavy atom. The smallest absolute Gasteiger partial charge is 0.274 e. The van der Waals surface area contributed by atoms with E-state index >= 15 is 0 Å². The van der Waals surface area contributed by atoms with Crippen LogP contribution in [0.1, 0.15) is 16.1 Å². The predicted octanol–water partition coefficient (Wildman–Crippen LogP) is 4.46. The number of oxazole rings is 1. The van der Waals surface area contributed by atoms with Crippen LogP contribution in [0, 0.1) is 6.92 Å². The number of benzene rings is 2. The Hall–Kier alpha value is -3.67. The first kappa shape index (κ1) is 16.8. The molecule has 27 heavy (non-hydrogen) atoms. The summed E-state index contributed by atoms with van der Waals surface area (Å²) in [5.74, 6) is 0.840. The highest BCUT2D eigenvalue weighted by molar-refractivity contribution is 6.03. The maximum atomic E-state index is 12.4. The van der Waals surface area contributed by atoms with E-state index in [0.717, 1.165) is 11.1 Å². The van der Waals surface area contributed by atoms with Crippen LogP contribution in [0.2, 0.25) is 0 Å². The van der Waals surface area contributed by atoms with Crippen molar-refractivity contribution in [2.75, 3.05) is 12.4 Å². The highest BCUT2D eigenvalue weighted by Crippen LogP contribution is 2.26. The van der Waals surface area contributed by atoms with E-state index in [-0.39, 0.29) is 5.91 Å². The number of fused-ring (bicyclic) bond motifs is 1. The number of anilines is 1. The molecule has 0 saturated carbocycles. The second-order valence-corrected chi connectivity index (χ2v) is 6.11. The number of aromatic nitrogens is 2. The van der Waals surface area contributed by atoms with Gasteiger partial charge in [-0.15, -0.1) is 0 Å². The molecule has 1 N–H and O–H groups in total. The minimum atomic E-state index is -0.306. The second-order valence-electron chi connectivity index (χ2n) is 6.11. The van der Waals surface area contributed by atoms with Gasteiger partial charge in [-0.05, 0) is 49.4 Å². The van der Waals surface area contributed by atoms with Crippen molar-refractivity contribution in [3.05, 3.63) is 72.1 Å². The van der Waals surface area contributed by atoms with Crippen molar-refractivity contribution in [3.8, 4) is 17.2 Å². The van der Waals surface area contributed by atoms with E-state index in [1.165, 1.54) is 6.20 Å². The number of amides is 1. The van der Waals surface area contributed by atoms with E-state index in [0.29, 0.717) is 34.1 Å². The molecule has 4 aromatic rings. The van der Waals surface area contributed by atoms with Crippen molar-refractivity contribution in [1.29, 1.82) is 0 Å². The Bertz CT molecular complexity index is 1120. The molecule has 0 saturated heterocycles. The molecule has 0 radical (unpaired) electrons. The number of hydrogen-bond acceptors (Lipinski definition) is 5. The summed E-state index contributed by atoms with van der Waals surface area (Å²) in [4.78, 5) is 21.0. The average Bonchev–Trinajstić information content (AvgIpc) is 3.11. The zero-order valence-electron chi connectivity index (χ0n) is 14.9. The molecule has 2 heterocycles. The third-order valence-corrected chi connectivity index (χ3v) is 4.12. The van der Waals surface area contributed by atoms with Crippen molar-refractivity contribution in [1.82, 2.24) is 9.97 Å². The molecule has 0 aliphatic rings. The van der Waals surface area contributed by atoms with E-state index in [1.54, 1.807) is 37.4 Å². The summed E-state index contributed by atoms with van der Waals surface area (Å²) in [7, 11) is 1.55. The fourth-order valence-corrected chi connectivity index (χ4v) is 2.74. The summed E-state index contributed by atoms with van der Waals surface area (Å²) in [5.41, 5.74) is 4.30. The van der Waals surface area contributed by atoms with Gasteiger partial charge in [0.1, 0.15) is 17.0 Å². The first-order valence-corrected chi connectivity index (χ1v) is 8.41. The number of nitrogens with one attached hydrogen (secondary N) is 1. The molecular weight excluding hydrogens is 342 g/mol. The summed E-state index contributed by atoms with van der Waals surface area (Å²) in [5, 5.41) is 2.82. The Balaban J connectivity index is 1.58. The van der Waals surface area contributed by atoms with Crippen LogP contribution in [0.3, 0.4) is 0 Å². The van der Waals surface area contributed by atoms with Crippen LogP contribution in [0.25, 0.3) is 22.6 Å². The molecule has 4 rings (SSSR count). The third-order valence-electron chi connectivity index (χ3n) is 4.12. The van der Waals surface area contributed by atoms with Crippen molar-refractivity contribution in [3.63, 3.8) is 0 Å². The van der Waals surface area contributed by atoms with Gasteiger partial charge in [0.15, 0.2) is 5.58 Å². The van der Waals surface area contributed by atoms with Crippen molar-refractivity contribution >= 4 is 22.7 Å². The molecule has 0 bridgehead atoms. The van der Waals surface area contributed by atoms with E-state index < -0.39 is 0 Å². The van der Waals surface area contributed by atoms with Gasteiger partial charge < -0.3 is 14.5 Å². The van der Waals surface area contributed by atoms with Crippen molar-refractivity contribution in [2.45, 2.75) is 6.92 Å². The minimum Gasteiger partial charge on any atom is -0.495 e. The molecule has 0 aliphatic carbocycles. The molecule has 2 aromatic carbocycles. The molecule has 0 atom stereocenters. The quantitative estimate of drug-likeness (QED) is 0.582. The maximum Gasteiger partial charge on any atom is 0.274 e. The van der Waals surface area contributed by atoms with E-state index in [2.05, 4.69) is 15.3 Å². The summed E-state index contributed by atoms with van der Waals surface area (Å²) in [6, 6.07) is 16.6. The average molecular weight is 359 g/mol. The fourth-order valence-electron chi connectivity index (χ4n) is 2.74. The lowest BCUT2D eigenvalue weighted by Gasteiger charge is -2.05. The highest BCUT2D eigenvalue weighted by Gasteiger charge is 2.12. The molecule has 2 aromatic heterocycles. The maximum absolute atomic E-state index is 12.4. The van der Waals surface area contributed by atoms with Crippen LogP contribution in [0.15, 0.2) is 65.2 Å². The van der Waals surface area contributed by atoms with E-state index in [4.69, 9.17) is 9.15 Å². The zero-order valence-corrected chi connectivity index (χ0v) is 14.9. The van der Waals surface area contributed by atoms with Gasteiger partial charge in [0, 0.05) is 11.3 Å². The molecule has 0 aliphatic heterocycles. The standard InChI is InChI=1S/C21H17N3O3/c1-13-4-3-5-14(10-13)21-24-18-11-15(6-9-19(18)27-21)23-20(25)17-8-7-16(26-2)12-22-17/h3-12H,1-2H3,(H,23,25). The lowest BCUT2D eigenvalue weighted by atomic mass is 10.1. The Labute approximate surface area is 155 Å². The number of aryl methyl sites for hydroxylation is 1. The number of methoxy groups -OCH3 is 1. The number of carbonyl (C=O) groups is 1. The van der Waals surface area contributed by atoms with Crippen LogP contribution >= 0.6 is 0 Å². The minimum absolute atomic E-state index is 0.302. The SMILES string of the molecule is COc1ccc(C(=O)Nc2ccc3oc(-c4cccc(C)c4)nc3c2)nc1. The lowest BCUT2D eigenvalue weighted by molar-refractivity contribution is 0.102. The lowest BCUT2D eigenvalue weighted by Crippen LogP contribution is -2.13. The van der Waals surface area contributed by atoms with Crippen LogP contribution in [0.4, 0.5) is 5.69 Å². The summed E-state index contributed by atoms with van der Waals surface area (Å²) >= 11 is 0. The number of nitrogens with zero attached hydrogens (tertiary/aromatic N) is 2. The largest absolute Gasteiger partial charge is 0.495 e. The number of rotatable bonds is 4. The van der Waals surface area contributed by atoms with Crippen LogP contribution in [-0.4, -0.2) is 23.0 Å². The van der Waals surface area contributed by atoms with Gasteiger partial charge in [-0.1, -0.05) is 17.7 Å². The van der Waals surface area contributed by atoms with Crippen LogP contribution < -0.4 is 10.1 Å². The normalized spacial score (nSPS) is 10.7. The molecule has 6 heteroatoms. The van der Waals surface area contributed by atoms with Crippen molar-refractivity contribution < 1.29 is 13.9 Å². The zero-order chi connectivity index (χ0) is 18.8. The Morgan fingerprint density at radius 2 is 2.00 bits per heavy atom. The Kier molecular flexibility index (Phi) is 4.30. The molecule has 1 amide bonds. The summed E-state index contributed by atoms with van der Waals surface area (Å²) in [6.45, 7) is 2.02. The van der Waals surface area contributed by atoms with Gasteiger partial charge in [-0.2, -0.15) is 0 Å². The molecule has 0 spiro atoms. The molecule has 0 unspecified atom stereocenters. The monoisotopic (exact) mass is 359 g/mol. The van der Waals surface area contributed by atoms with Gasteiger partial charge in [0.2, 0.25) is 5.89 Å². The highest BCUT2D eigenvalue weighted by atomic mass is 16.5. The first-order valence-electron chi connectivity index (χ1n) is 8.41. The van der Waals surface area contributed by atoms with Gasteiger partial charge in [-0.3, -0.25) is 4.79 Å². The van der Waals surface area contributed by atoms with Crippen LogP contribution in [-0.2, 0) is 0 Å². The Morgan fingerprint density at radius 3 is 2.74 bits per heavy atom. The second kappa shape index (κ2) is 6.92.